The number of rotatable bonds is 10. The van der Waals surface area contributed by atoms with Gasteiger partial charge in [0, 0.05) is 6.61 Å². The summed E-state index contributed by atoms with van der Waals surface area (Å²) >= 11 is 0. The van der Waals surface area contributed by atoms with Crippen LogP contribution >= 0.6 is 0 Å². The molecule has 0 saturated heterocycles. The first-order valence-corrected chi connectivity index (χ1v) is 9.36. The Morgan fingerprint density at radius 2 is 1.76 bits per heavy atom. The van der Waals surface area contributed by atoms with Crippen molar-refractivity contribution in [1.29, 1.82) is 0 Å². The fourth-order valence-corrected chi connectivity index (χ4v) is 3.60. The fourth-order valence-electron chi connectivity index (χ4n) is 3.60. The molecule has 1 rings (SSSR count). The predicted octanol–water partition coefficient (Wildman–Crippen LogP) is 5.15. The summed E-state index contributed by atoms with van der Waals surface area (Å²) in [5, 5.41) is 0. The molecule has 0 radical (unpaired) electrons. The van der Waals surface area contributed by atoms with Crippen molar-refractivity contribution >= 4 is 0 Å². The normalized spacial score (nSPS) is 27.0. The van der Waals surface area contributed by atoms with Crippen molar-refractivity contribution in [3.8, 4) is 0 Å². The lowest BCUT2D eigenvalue weighted by atomic mass is 9.66. The predicted molar refractivity (Wildman–Crippen MR) is 92.5 cm³/mol. The zero-order valence-corrected chi connectivity index (χ0v) is 15.0. The molecule has 0 aromatic rings. The van der Waals surface area contributed by atoms with Gasteiger partial charge in [0.15, 0.2) is 0 Å². The van der Waals surface area contributed by atoms with Crippen molar-refractivity contribution in [3.63, 3.8) is 0 Å². The summed E-state index contributed by atoms with van der Waals surface area (Å²) < 4.78 is 6.26. The van der Waals surface area contributed by atoms with Gasteiger partial charge in [-0.25, -0.2) is 0 Å². The third-order valence-electron chi connectivity index (χ3n) is 5.83. The van der Waals surface area contributed by atoms with Gasteiger partial charge in [0.2, 0.25) is 0 Å². The smallest absolute Gasteiger partial charge is 0.0618 e. The Hall–Kier alpha value is -0.0800. The molecule has 1 saturated carbocycles. The molecule has 1 fully saturated rings. The van der Waals surface area contributed by atoms with Crippen molar-refractivity contribution in [2.75, 3.05) is 13.2 Å². The lowest BCUT2D eigenvalue weighted by molar-refractivity contribution is -0.0447. The zero-order chi connectivity index (χ0) is 15.7. The van der Waals surface area contributed by atoms with Crippen LogP contribution in [0, 0.1) is 17.3 Å². The molecule has 0 spiro atoms. The van der Waals surface area contributed by atoms with E-state index in [-0.39, 0.29) is 0 Å². The van der Waals surface area contributed by atoms with Crippen LogP contribution in [0.25, 0.3) is 0 Å². The molecule has 126 valence electrons. The Bertz CT molecular complexity index is 264. The van der Waals surface area contributed by atoms with Gasteiger partial charge >= 0.3 is 0 Å². The summed E-state index contributed by atoms with van der Waals surface area (Å²) in [5.41, 5.74) is 6.42. The molecule has 2 N–H and O–H groups in total. The van der Waals surface area contributed by atoms with Crippen LogP contribution in [0.5, 0.6) is 0 Å². The van der Waals surface area contributed by atoms with Gasteiger partial charge in [0.05, 0.1) is 6.10 Å². The van der Waals surface area contributed by atoms with E-state index in [9.17, 15) is 0 Å². The average molecular weight is 298 g/mol. The second-order valence-corrected chi connectivity index (χ2v) is 7.67. The number of nitrogens with two attached hydrogens (primary N) is 1. The Morgan fingerprint density at radius 1 is 1.05 bits per heavy atom. The van der Waals surface area contributed by atoms with Gasteiger partial charge in [-0.05, 0) is 49.5 Å². The first kappa shape index (κ1) is 19.0. The lowest BCUT2D eigenvalue weighted by Crippen LogP contribution is -2.40. The standard InChI is InChI=1S/C19H39NO/c1-5-7-8-9-10-13-21-18-14-17(19(3,4)6-2)12-11-16(18)15-20/h16-18H,5-15,20H2,1-4H3. The highest BCUT2D eigenvalue weighted by atomic mass is 16.5. The van der Waals surface area contributed by atoms with Crippen molar-refractivity contribution in [1.82, 2.24) is 0 Å². The molecule has 1 aliphatic rings. The molecule has 0 heterocycles. The van der Waals surface area contributed by atoms with E-state index in [1.807, 2.05) is 0 Å². The van der Waals surface area contributed by atoms with Gasteiger partial charge in [-0.3, -0.25) is 0 Å². The van der Waals surface area contributed by atoms with E-state index < -0.39 is 0 Å². The highest BCUT2D eigenvalue weighted by molar-refractivity contribution is 4.88. The van der Waals surface area contributed by atoms with E-state index in [2.05, 4.69) is 27.7 Å². The number of hydrogen-bond donors (Lipinski definition) is 1. The summed E-state index contributed by atoms with van der Waals surface area (Å²) in [4.78, 5) is 0. The van der Waals surface area contributed by atoms with Crippen LogP contribution in [0.4, 0.5) is 0 Å². The van der Waals surface area contributed by atoms with Crippen molar-refractivity contribution in [2.24, 2.45) is 23.0 Å². The molecule has 3 atom stereocenters. The van der Waals surface area contributed by atoms with Gasteiger partial charge in [-0.2, -0.15) is 0 Å². The van der Waals surface area contributed by atoms with Crippen molar-refractivity contribution < 1.29 is 4.74 Å². The Balaban J connectivity index is 2.37. The summed E-state index contributed by atoms with van der Waals surface area (Å²) in [6.07, 6.45) is 12.0. The number of unbranched alkanes of at least 4 members (excludes halogenated alkanes) is 4. The maximum atomic E-state index is 6.26. The van der Waals surface area contributed by atoms with Gasteiger partial charge in [-0.15, -0.1) is 0 Å². The van der Waals surface area contributed by atoms with E-state index >= 15 is 0 Å². The highest BCUT2D eigenvalue weighted by Gasteiger charge is 2.37. The van der Waals surface area contributed by atoms with Crippen molar-refractivity contribution in [2.45, 2.75) is 91.6 Å². The molecule has 3 unspecified atom stereocenters. The minimum Gasteiger partial charge on any atom is -0.378 e. The second-order valence-electron chi connectivity index (χ2n) is 7.67. The largest absolute Gasteiger partial charge is 0.378 e. The first-order chi connectivity index (χ1) is 10.0. The van der Waals surface area contributed by atoms with E-state index in [0.29, 0.717) is 17.4 Å². The highest BCUT2D eigenvalue weighted by Crippen LogP contribution is 2.42. The quantitative estimate of drug-likeness (QED) is 0.566. The van der Waals surface area contributed by atoms with Crippen LogP contribution in [0.15, 0.2) is 0 Å². The second kappa shape index (κ2) is 9.84. The molecule has 0 amide bonds. The first-order valence-electron chi connectivity index (χ1n) is 9.36. The summed E-state index contributed by atoms with van der Waals surface area (Å²) in [6, 6.07) is 0. The van der Waals surface area contributed by atoms with Crippen LogP contribution in [0.1, 0.15) is 85.5 Å². The summed E-state index contributed by atoms with van der Waals surface area (Å²) in [5.74, 6) is 1.39. The van der Waals surface area contributed by atoms with Gasteiger partial charge in [0.25, 0.3) is 0 Å². The van der Waals surface area contributed by atoms with Gasteiger partial charge in [0.1, 0.15) is 0 Å². The Kier molecular flexibility index (Phi) is 8.89. The minimum atomic E-state index is 0.408. The van der Waals surface area contributed by atoms with Gasteiger partial charge < -0.3 is 10.5 Å². The molecule has 1 aliphatic carbocycles. The Labute approximate surface area is 133 Å². The van der Waals surface area contributed by atoms with Crippen LogP contribution in [0.3, 0.4) is 0 Å². The SMILES string of the molecule is CCCCCCCOC1CC(C(C)(C)CC)CCC1CN. The van der Waals surface area contributed by atoms with E-state index in [4.69, 9.17) is 10.5 Å². The molecule has 21 heavy (non-hydrogen) atoms. The molecule has 0 aromatic heterocycles. The average Bonchev–Trinajstić information content (AvgIpc) is 2.50. The van der Waals surface area contributed by atoms with Crippen LogP contribution < -0.4 is 5.73 Å². The van der Waals surface area contributed by atoms with Crippen LogP contribution in [-0.4, -0.2) is 19.3 Å². The molecule has 0 bridgehead atoms. The maximum Gasteiger partial charge on any atom is 0.0618 e. The fraction of sp³-hybridized carbons (Fsp3) is 1.00. The van der Waals surface area contributed by atoms with E-state index in [1.165, 1.54) is 57.8 Å². The lowest BCUT2D eigenvalue weighted by Gasteiger charge is -2.42. The Morgan fingerprint density at radius 3 is 2.38 bits per heavy atom. The number of ether oxygens (including phenoxy) is 1. The van der Waals surface area contributed by atoms with Crippen molar-refractivity contribution in [3.05, 3.63) is 0 Å². The van der Waals surface area contributed by atoms with E-state index in [0.717, 1.165) is 19.1 Å². The molecule has 0 aliphatic heterocycles. The molecule has 0 aromatic carbocycles. The third-order valence-corrected chi connectivity index (χ3v) is 5.83. The minimum absolute atomic E-state index is 0.408. The topological polar surface area (TPSA) is 35.2 Å². The van der Waals surface area contributed by atoms with Crippen LogP contribution in [0.2, 0.25) is 0 Å². The van der Waals surface area contributed by atoms with Crippen LogP contribution in [-0.2, 0) is 4.74 Å². The van der Waals surface area contributed by atoms with Gasteiger partial charge in [-0.1, -0.05) is 59.8 Å². The maximum absolute atomic E-state index is 6.26. The molecular formula is C19H39NO. The molecular weight excluding hydrogens is 258 g/mol. The monoisotopic (exact) mass is 297 g/mol. The number of hydrogen-bond acceptors (Lipinski definition) is 2. The molecule has 2 nitrogen and oxygen atoms in total. The van der Waals surface area contributed by atoms with E-state index in [1.54, 1.807) is 0 Å². The summed E-state index contributed by atoms with van der Waals surface area (Å²) in [6.45, 7) is 11.1. The summed E-state index contributed by atoms with van der Waals surface area (Å²) in [7, 11) is 0. The third kappa shape index (κ3) is 6.28. The molecule has 2 heteroatoms. The zero-order valence-electron chi connectivity index (χ0n) is 15.0.